The van der Waals surface area contributed by atoms with Gasteiger partial charge in [-0.3, -0.25) is 4.79 Å². The van der Waals surface area contributed by atoms with Crippen LogP contribution in [0.15, 0.2) is 18.2 Å². The summed E-state index contributed by atoms with van der Waals surface area (Å²) in [5, 5.41) is 10.9. The molecular weight excluding hydrogens is 271 g/mol. The van der Waals surface area contributed by atoms with Gasteiger partial charge in [0.15, 0.2) is 6.10 Å². The van der Waals surface area contributed by atoms with Crippen LogP contribution in [-0.4, -0.2) is 29.8 Å². The van der Waals surface area contributed by atoms with E-state index in [4.69, 9.17) is 5.11 Å². The standard InChI is InChI=1S/C14H16F3NO2/c15-14(16,17)12(19)8-18-13(20)7-9-4-5-10-2-1-3-11(10)6-9/h4-6,12,19H,1-3,7-8H2,(H,18,20). The first-order valence-electron chi connectivity index (χ1n) is 6.48. The number of aliphatic hydroxyl groups excluding tert-OH is 1. The first-order valence-corrected chi connectivity index (χ1v) is 6.48. The summed E-state index contributed by atoms with van der Waals surface area (Å²) in [6.07, 6.45) is -4.08. The molecule has 110 valence electrons. The van der Waals surface area contributed by atoms with Crippen molar-refractivity contribution in [3.8, 4) is 0 Å². The Hall–Kier alpha value is -1.56. The molecule has 2 N–H and O–H groups in total. The number of carbonyl (C=O) groups excluding carboxylic acids is 1. The van der Waals surface area contributed by atoms with Gasteiger partial charge < -0.3 is 10.4 Å². The maximum atomic E-state index is 12.1. The molecule has 0 aliphatic heterocycles. The zero-order chi connectivity index (χ0) is 14.8. The lowest BCUT2D eigenvalue weighted by molar-refractivity contribution is -0.201. The van der Waals surface area contributed by atoms with E-state index in [1.54, 1.807) is 0 Å². The number of alkyl halides is 3. The van der Waals surface area contributed by atoms with Gasteiger partial charge in [-0.15, -0.1) is 0 Å². The number of aryl methyl sites for hydroxylation is 2. The summed E-state index contributed by atoms with van der Waals surface area (Å²) >= 11 is 0. The molecule has 0 radical (unpaired) electrons. The first kappa shape index (κ1) is 14.8. The molecule has 0 saturated carbocycles. The minimum absolute atomic E-state index is 0.0257. The summed E-state index contributed by atoms with van der Waals surface area (Å²) < 4.78 is 36.2. The van der Waals surface area contributed by atoms with Gasteiger partial charge in [0, 0.05) is 0 Å². The Morgan fingerprint density at radius 1 is 1.30 bits per heavy atom. The number of hydrogen-bond acceptors (Lipinski definition) is 2. The van der Waals surface area contributed by atoms with Crippen molar-refractivity contribution in [2.75, 3.05) is 6.54 Å². The van der Waals surface area contributed by atoms with Crippen molar-refractivity contribution in [1.29, 1.82) is 0 Å². The molecule has 1 aliphatic carbocycles. The second-order valence-corrected chi connectivity index (χ2v) is 4.99. The summed E-state index contributed by atoms with van der Waals surface area (Å²) in [4.78, 5) is 11.6. The predicted molar refractivity (Wildman–Crippen MR) is 67.2 cm³/mol. The zero-order valence-electron chi connectivity index (χ0n) is 10.8. The van der Waals surface area contributed by atoms with Crippen LogP contribution in [0.4, 0.5) is 13.2 Å². The third kappa shape index (κ3) is 3.72. The van der Waals surface area contributed by atoms with E-state index < -0.39 is 24.7 Å². The molecule has 0 bridgehead atoms. The number of hydrogen-bond donors (Lipinski definition) is 2. The van der Waals surface area contributed by atoms with Crippen LogP contribution in [0.2, 0.25) is 0 Å². The van der Waals surface area contributed by atoms with E-state index in [0.717, 1.165) is 24.8 Å². The molecule has 0 saturated heterocycles. The quantitative estimate of drug-likeness (QED) is 0.886. The largest absolute Gasteiger partial charge is 0.416 e. The molecule has 1 aromatic carbocycles. The van der Waals surface area contributed by atoms with Crippen LogP contribution in [0.5, 0.6) is 0 Å². The summed E-state index contributed by atoms with van der Waals surface area (Å²) in [5.41, 5.74) is 3.27. The van der Waals surface area contributed by atoms with Gasteiger partial charge in [0.05, 0.1) is 13.0 Å². The second-order valence-electron chi connectivity index (χ2n) is 4.99. The van der Waals surface area contributed by atoms with Crippen LogP contribution in [0.25, 0.3) is 0 Å². The lowest BCUT2D eigenvalue weighted by Gasteiger charge is -2.15. The monoisotopic (exact) mass is 287 g/mol. The molecule has 20 heavy (non-hydrogen) atoms. The number of carbonyl (C=O) groups is 1. The Morgan fingerprint density at radius 3 is 2.70 bits per heavy atom. The molecule has 6 heteroatoms. The lowest BCUT2D eigenvalue weighted by atomic mass is 10.0. The van der Waals surface area contributed by atoms with E-state index >= 15 is 0 Å². The molecule has 1 atom stereocenters. The Bertz CT molecular complexity index is 500. The molecule has 0 spiro atoms. The number of nitrogens with one attached hydrogen (secondary N) is 1. The van der Waals surface area contributed by atoms with Crippen LogP contribution >= 0.6 is 0 Å². The maximum Gasteiger partial charge on any atom is 0.416 e. The molecular formula is C14H16F3NO2. The van der Waals surface area contributed by atoms with Crippen LogP contribution in [-0.2, 0) is 24.1 Å². The van der Waals surface area contributed by atoms with Gasteiger partial charge in [0.2, 0.25) is 5.91 Å². The lowest BCUT2D eigenvalue weighted by Crippen LogP contribution is -2.41. The van der Waals surface area contributed by atoms with E-state index in [1.165, 1.54) is 11.1 Å². The highest BCUT2D eigenvalue weighted by molar-refractivity contribution is 5.78. The topological polar surface area (TPSA) is 49.3 Å². The van der Waals surface area contributed by atoms with Crippen molar-refractivity contribution < 1.29 is 23.1 Å². The SMILES string of the molecule is O=C(Cc1ccc2c(c1)CCC2)NCC(O)C(F)(F)F. The van der Waals surface area contributed by atoms with Crippen molar-refractivity contribution in [3.63, 3.8) is 0 Å². The Balaban J connectivity index is 1.86. The number of rotatable bonds is 4. The van der Waals surface area contributed by atoms with Crippen molar-refractivity contribution in [3.05, 3.63) is 34.9 Å². The van der Waals surface area contributed by atoms with E-state index in [2.05, 4.69) is 5.32 Å². The third-order valence-electron chi connectivity index (χ3n) is 3.40. The van der Waals surface area contributed by atoms with Gasteiger partial charge in [-0.2, -0.15) is 13.2 Å². The number of amides is 1. The predicted octanol–water partition coefficient (Wildman–Crippen LogP) is 1.76. The number of fused-ring (bicyclic) bond motifs is 1. The first-order chi connectivity index (χ1) is 9.36. The highest BCUT2D eigenvalue weighted by Gasteiger charge is 2.38. The highest BCUT2D eigenvalue weighted by Crippen LogP contribution is 2.23. The molecule has 1 aliphatic rings. The van der Waals surface area contributed by atoms with Crippen LogP contribution < -0.4 is 5.32 Å². The van der Waals surface area contributed by atoms with Gasteiger partial charge in [-0.1, -0.05) is 18.2 Å². The fraction of sp³-hybridized carbons (Fsp3) is 0.500. The molecule has 1 amide bonds. The molecule has 3 nitrogen and oxygen atoms in total. The normalized spacial score (nSPS) is 15.8. The van der Waals surface area contributed by atoms with Crippen molar-refractivity contribution in [1.82, 2.24) is 5.32 Å². The fourth-order valence-electron chi connectivity index (χ4n) is 2.31. The van der Waals surface area contributed by atoms with Crippen molar-refractivity contribution in [2.24, 2.45) is 0 Å². The second kappa shape index (κ2) is 5.83. The van der Waals surface area contributed by atoms with Gasteiger partial charge in [-0.05, 0) is 36.0 Å². The van der Waals surface area contributed by atoms with Crippen LogP contribution in [0.3, 0.4) is 0 Å². The molecule has 2 rings (SSSR count). The summed E-state index contributed by atoms with van der Waals surface area (Å²) in [7, 11) is 0. The van der Waals surface area contributed by atoms with Crippen molar-refractivity contribution in [2.45, 2.75) is 38.0 Å². The van der Waals surface area contributed by atoms with Gasteiger partial charge in [0.25, 0.3) is 0 Å². The molecule has 0 aromatic heterocycles. The Morgan fingerprint density at radius 2 is 2.00 bits per heavy atom. The van der Waals surface area contributed by atoms with E-state index in [0.29, 0.717) is 0 Å². The van der Waals surface area contributed by atoms with Gasteiger partial charge in [-0.25, -0.2) is 0 Å². The highest BCUT2D eigenvalue weighted by atomic mass is 19.4. The minimum Gasteiger partial charge on any atom is -0.382 e. The number of benzene rings is 1. The Kier molecular flexibility index (Phi) is 4.32. The third-order valence-corrected chi connectivity index (χ3v) is 3.40. The summed E-state index contributed by atoms with van der Waals surface area (Å²) in [5.74, 6) is -0.522. The number of aliphatic hydroxyl groups is 1. The van der Waals surface area contributed by atoms with E-state index in [1.807, 2.05) is 18.2 Å². The average Bonchev–Trinajstić information content (AvgIpc) is 2.82. The van der Waals surface area contributed by atoms with Crippen molar-refractivity contribution >= 4 is 5.91 Å². The molecule has 1 unspecified atom stereocenters. The van der Waals surface area contributed by atoms with E-state index in [-0.39, 0.29) is 6.42 Å². The van der Waals surface area contributed by atoms with Gasteiger partial charge >= 0.3 is 6.18 Å². The number of halogens is 3. The smallest absolute Gasteiger partial charge is 0.382 e. The molecule has 0 heterocycles. The molecule has 1 aromatic rings. The zero-order valence-corrected chi connectivity index (χ0v) is 10.8. The minimum atomic E-state index is -4.71. The van der Waals surface area contributed by atoms with Gasteiger partial charge in [0.1, 0.15) is 0 Å². The summed E-state index contributed by atoms with van der Waals surface area (Å²) in [6, 6.07) is 5.72. The average molecular weight is 287 g/mol. The molecule has 0 fully saturated rings. The Labute approximate surface area is 114 Å². The van der Waals surface area contributed by atoms with E-state index in [9.17, 15) is 18.0 Å². The summed E-state index contributed by atoms with van der Waals surface area (Å²) in [6.45, 7) is -0.812. The maximum absolute atomic E-state index is 12.1. The van der Waals surface area contributed by atoms with Crippen LogP contribution in [0.1, 0.15) is 23.1 Å². The fourth-order valence-corrected chi connectivity index (χ4v) is 2.31. The van der Waals surface area contributed by atoms with Crippen LogP contribution in [0, 0.1) is 0 Å².